The van der Waals surface area contributed by atoms with Crippen molar-refractivity contribution in [2.75, 3.05) is 7.05 Å². The number of fused-ring (bicyclic) bond motifs is 1. The largest absolute Gasteiger partial charge is 0.329 e. The molecule has 32 heavy (non-hydrogen) atoms. The molecule has 0 N–H and O–H groups in total. The summed E-state index contributed by atoms with van der Waals surface area (Å²) in [6.07, 6.45) is 1.76. The third-order valence-electron chi connectivity index (χ3n) is 5.60. The molecule has 4 aromatic rings. The Hall–Kier alpha value is -3.54. The number of rotatable bonds is 4. The van der Waals surface area contributed by atoms with Crippen LogP contribution >= 0.6 is 0 Å². The molecule has 0 bridgehead atoms. The van der Waals surface area contributed by atoms with E-state index in [0.717, 1.165) is 33.7 Å². The number of hydrogen-bond donors (Lipinski definition) is 0. The number of amides is 1. The molecular weight excluding hydrogens is 398 g/mol. The summed E-state index contributed by atoms with van der Waals surface area (Å²) < 4.78 is 1.91. The molecule has 1 amide bonds. The lowest BCUT2D eigenvalue weighted by Crippen LogP contribution is -2.33. The average molecular weight is 428 g/mol. The number of hydrogen-bond acceptors (Lipinski definition) is 4. The van der Waals surface area contributed by atoms with Crippen molar-refractivity contribution in [3.63, 3.8) is 0 Å². The van der Waals surface area contributed by atoms with Crippen LogP contribution in [0, 0.1) is 13.8 Å². The van der Waals surface area contributed by atoms with E-state index in [1.165, 1.54) is 0 Å². The Morgan fingerprint density at radius 2 is 1.72 bits per heavy atom. The summed E-state index contributed by atoms with van der Waals surface area (Å²) in [5, 5.41) is 5.54. The van der Waals surface area contributed by atoms with E-state index in [0.29, 0.717) is 5.56 Å². The van der Waals surface area contributed by atoms with Gasteiger partial charge in [0.25, 0.3) is 5.91 Å². The van der Waals surface area contributed by atoms with Crippen LogP contribution in [-0.4, -0.2) is 37.6 Å². The molecule has 3 aromatic heterocycles. The molecule has 1 atom stereocenters. The number of carbonyl (C=O) groups excluding carboxylic acids is 1. The second kappa shape index (κ2) is 8.19. The van der Waals surface area contributed by atoms with E-state index in [4.69, 9.17) is 10.1 Å². The molecule has 0 spiro atoms. The number of pyridine rings is 2. The van der Waals surface area contributed by atoms with Gasteiger partial charge in [0.2, 0.25) is 0 Å². The molecular formula is C26H29N5O. The van der Waals surface area contributed by atoms with Gasteiger partial charge in [-0.15, -0.1) is 0 Å². The van der Waals surface area contributed by atoms with Gasteiger partial charge < -0.3 is 4.90 Å². The van der Waals surface area contributed by atoms with Gasteiger partial charge in [-0.05, 0) is 58.4 Å². The molecule has 0 aliphatic rings. The van der Waals surface area contributed by atoms with Crippen molar-refractivity contribution in [3.05, 3.63) is 89.0 Å². The quantitative estimate of drug-likeness (QED) is 0.457. The Labute approximate surface area is 188 Å². The number of nitrogens with zero attached hydrogens (tertiary/aromatic N) is 5. The second-order valence-electron chi connectivity index (χ2n) is 9.16. The third-order valence-corrected chi connectivity index (χ3v) is 5.60. The molecule has 6 heteroatoms. The molecule has 1 aromatic carbocycles. The first-order chi connectivity index (χ1) is 15.2. The molecule has 3 heterocycles. The number of benzene rings is 1. The molecule has 6 nitrogen and oxygen atoms in total. The molecule has 0 aliphatic carbocycles. The van der Waals surface area contributed by atoms with Crippen molar-refractivity contribution in [3.8, 4) is 0 Å². The summed E-state index contributed by atoms with van der Waals surface area (Å²) in [6, 6.07) is 17.3. The molecule has 0 radical (unpaired) electrons. The Bertz CT molecular complexity index is 1220. The minimum absolute atomic E-state index is 0.0865. The minimum Gasteiger partial charge on any atom is -0.329 e. The Morgan fingerprint density at radius 3 is 2.34 bits per heavy atom. The van der Waals surface area contributed by atoms with E-state index in [1.807, 2.05) is 80.2 Å². The van der Waals surface area contributed by atoms with Crippen LogP contribution in [0.15, 0.2) is 60.8 Å². The zero-order valence-electron chi connectivity index (χ0n) is 19.5. The average Bonchev–Trinajstić information content (AvgIpc) is 3.11. The first kappa shape index (κ1) is 21.7. The number of carbonyl (C=O) groups is 1. The fourth-order valence-corrected chi connectivity index (χ4v) is 4.12. The molecule has 0 saturated carbocycles. The van der Waals surface area contributed by atoms with E-state index < -0.39 is 0 Å². The van der Waals surface area contributed by atoms with E-state index in [2.05, 4.69) is 25.8 Å². The van der Waals surface area contributed by atoms with Crippen molar-refractivity contribution >= 4 is 16.9 Å². The monoisotopic (exact) mass is 427 g/mol. The standard InChI is InChI=1S/C26H29N5O/c1-17-16-20(22-18(2)29-31(24(22)28-17)26(3,4)5)25(32)30(6)23(19-12-8-7-9-13-19)21-14-10-11-15-27-21/h7-16,23H,1-6H3/t23-/m1/s1. The van der Waals surface area contributed by atoms with E-state index >= 15 is 0 Å². The predicted molar refractivity (Wildman–Crippen MR) is 127 cm³/mol. The van der Waals surface area contributed by atoms with E-state index in [9.17, 15) is 4.79 Å². The zero-order valence-corrected chi connectivity index (χ0v) is 19.5. The maximum absolute atomic E-state index is 13.9. The molecule has 164 valence electrons. The first-order valence-corrected chi connectivity index (χ1v) is 10.8. The molecule has 0 fully saturated rings. The first-order valence-electron chi connectivity index (χ1n) is 10.8. The molecule has 4 rings (SSSR count). The highest BCUT2D eigenvalue weighted by Crippen LogP contribution is 2.31. The second-order valence-corrected chi connectivity index (χ2v) is 9.16. The lowest BCUT2D eigenvalue weighted by atomic mass is 10.00. The van der Waals surface area contributed by atoms with Gasteiger partial charge in [-0.2, -0.15) is 5.10 Å². The third kappa shape index (κ3) is 3.88. The van der Waals surface area contributed by atoms with Crippen molar-refractivity contribution < 1.29 is 4.79 Å². The highest BCUT2D eigenvalue weighted by atomic mass is 16.2. The van der Waals surface area contributed by atoms with Crippen molar-refractivity contribution in [1.29, 1.82) is 0 Å². The summed E-state index contributed by atoms with van der Waals surface area (Å²) >= 11 is 0. The Balaban J connectivity index is 1.87. The Morgan fingerprint density at radius 1 is 1.03 bits per heavy atom. The molecule has 0 saturated heterocycles. The lowest BCUT2D eigenvalue weighted by molar-refractivity contribution is 0.0754. The van der Waals surface area contributed by atoms with Crippen molar-refractivity contribution in [1.82, 2.24) is 24.6 Å². The van der Waals surface area contributed by atoms with Gasteiger partial charge in [0.1, 0.15) is 0 Å². The van der Waals surface area contributed by atoms with Crippen LogP contribution in [0.5, 0.6) is 0 Å². The summed E-state index contributed by atoms with van der Waals surface area (Å²) in [4.78, 5) is 25.0. The van der Waals surface area contributed by atoms with Crippen LogP contribution in [0.2, 0.25) is 0 Å². The number of aryl methyl sites for hydroxylation is 2. The van der Waals surface area contributed by atoms with Crippen molar-refractivity contribution in [2.45, 2.75) is 46.2 Å². The maximum Gasteiger partial charge on any atom is 0.255 e. The van der Waals surface area contributed by atoms with Gasteiger partial charge in [-0.1, -0.05) is 36.4 Å². The summed E-state index contributed by atoms with van der Waals surface area (Å²) in [7, 11) is 1.83. The molecule has 0 unspecified atom stereocenters. The summed E-state index contributed by atoms with van der Waals surface area (Å²) in [5.41, 5.74) is 4.51. The topological polar surface area (TPSA) is 63.9 Å². The highest BCUT2D eigenvalue weighted by Gasteiger charge is 2.29. The van der Waals surface area contributed by atoms with Crippen LogP contribution in [0.1, 0.15) is 59.8 Å². The van der Waals surface area contributed by atoms with Gasteiger partial charge in [0.15, 0.2) is 5.65 Å². The fraction of sp³-hybridized carbons (Fsp3) is 0.308. The normalized spacial score (nSPS) is 12.7. The SMILES string of the molecule is Cc1cc(C(=O)N(C)[C@H](c2ccccc2)c2ccccn2)c2c(C)nn(C(C)(C)C)c2n1. The Kier molecular flexibility index (Phi) is 5.55. The minimum atomic E-state index is -0.314. The smallest absolute Gasteiger partial charge is 0.255 e. The van der Waals surface area contributed by atoms with Crippen LogP contribution in [0.25, 0.3) is 11.0 Å². The van der Waals surface area contributed by atoms with E-state index in [-0.39, 0.29) is 17.5 Å². The van der Waals surface area contributed by atoms with Crippen LogP contribution < -0.4 is 0 Å². The van der Waals surface area contributed by atoms with Gasteiger partial charge in [-0.3, -0.25) is 9.78 Å². The molecule has 0 aliphatic heterocycles. The van der Waals surface area contributed by atoms with Crippen LogP contribution in [0.3, 0.4) is 0 Å². The van der Waals surface area contributed by atoms with Gasteiger partial charge in [-0.25, -0.2) is 9.67 Å². The van der Waals surface area contributed by atoms with Gasteiger partial charge >= 0.3 is 0 Å². The summed E-state index contributed by atoms with van der Waals surface area (Å²) in [6.45, 7) is 10.1. The fourth-order valence-electron chi connectivity index (χ4n) is 4.12. The van der Waals surface area contributed by atoms with Crippen LogP contribution in [0.4, 0.5) is 0 Å². The van der Waals surface area contributed by atoms with Gasteiger partial charge in [0, 0.05) is 18.9 Å². The zero-order chi connectivity index (χ0) is 23.0. The number of aromatic nitrogens is 4. The highest BCUT2D eigenvalue weighted by molar-refractivity contribution is 6.06. The summed E-state index contributed by atoms with van der Waals surface area (Å²) in [5.74, 6) is -0.0865. The van der Waals surface area contributed by atoms with E-state index in [1.54, 1.807) is 11.1 Å². The van der Waals surface area contributed by atoms with Crippen LogP contribution in [-0.2, 0) is 5.54 Å². The maximum atomic E-state index is 13.9. The van der Waals surface area contributed by atoms with Gasteiger partial charge in [0.05, 0.1) is 33.9 Å². The lowest BCUT2D eigenvalue weighted by Gasteiger charge is -2.29. The van der Waals surface area contributed by atoms with Crippen molar-refractivity contribution in [2.24, 2.45) is 0 Å². The predicted octanol–water partition coefficient (Wildman–Crippen LogP) is 5.06.